The quantitative estimate of drug-likeness (QED) is 0.0226. The number of hydrogen-bond acceptors (Lipinski definition) is 13. The summed E-state index contributed by atoms with van der Waals surface area (Å²) in [7, 11) is 1.55. The van der Waals surface area contributed by atoms with E-state index in [4.69, 9.17) is 33.8 Å². The average Bonchev–Trinajstić information content (AvgIpc) is 3.63. The number of ether oxygens (including phenoxy) is 5. The maximum absolute atomic E-state index is 13.2. The van der Waals surface area contributed by atoms with Crippen LogP contribution in [-0.2, 0) is 19.1 Å². The Bertz CT molecular complexity index is 1950. The van der Waals surface area contributed by atoms with Crippen LogP contribution in [0, 0.1) is 23.2 Å². The molecule has 0 N–H and O–H groups in total. The van der Waals surface area contributed by atoms with Gasteiger partial charge in [0.1, 0.15) is 23.0 Å². The Morgan fingerprint density at radius 2 is 1.56 bits per heavy atom. The maximum Gasteiger partial charge on any atom is 0.330 e. The number of rotatable bonds is 19. The van der Waals surface area contributed by atoms with E-state index in [1.54, 1.807) is 60.8 Å². The van der Waals surface area contributed by atoms with Crippen molar-refractivity contribution in [3.05, 3.63) is 84.9 Å². The molecular formula is C42H46N4O8S. The van der Waals surface area contributed by atoms with Crippen molar-refractivity contribution in [3.63, 3.8) is 0 Å². The average molecular weight is 767 g/mol. The summed E-state index contributed by atoms with van der Waals surface area (Å²) in [6.45, 7) is 6.23. The zero-order valence-corrected chi connectivity index (χ0v) is 32.0. The van der Waals surface area contributed by atoms with Crippen LogP contribution in [0.2, 0.25) is 0 Å². The second kappa shape index (κ2) is 20.6. The number of thiazole rings is 1. The van der Waals surface area contributed by atoms with Gasteiger partial charge < -0.3 is 23.7 Å². The summed E-state index contributed by atoms with van der Waals surface area (Å²) in [5.74, 6) is 0.271. The number of anilines is 1. The first-order valence-corrected chi connectivity index (χ1v) is 19.3. The molecule has 1 aliphatic rings. The summed E-state index contributed by atoms with van der Waals surface area (Å²) in [6.07, 6.45) is 8.61. The van der Waals surface area contributed by atoms with Gasteiger partial charge in [-0.05, 0) is 113 Å². The molecule has 0 spiro atoms. The van der Waals surface area contributed by atoms with Crippen LogP contribution in [0.3, 0.4) is 0 Å². The van der Waals surface area contributed by atoms with Crippen LogP contribution in [0.15, 0.2) is 84.5 Å². The highest BCUT2D eigenvalue weighted by Gasteiger charge is 2.32. The molecule has 4 aromatic rings. The van der Waals surface area contributed by atoms with Gasteiger partial charge >= 0.3 is 17.9 Å². The van der Waals surface area contributed by atoms with Gasteiger partial charge in [0.2, 0.25) is 5.13 Å². The van der Waals surface area contributed by atoms with Crippen molar-refractivity contribution >= 4 is 50.8 Å². The van der Waals surface area contributed by atoms with Gasteiger partial charge in [0, 0.05) is 11.6 Å². The van der Waals surface area contributed by atoms with Crippen molar-refractivity contribution in [3.8, 4) is 29.1 Å². The number of hydrogen-bond donors (Lipinski definition) is 0. The zero-order chi connectivity index (χ0) is 39.0. The first-order chi connectivity index (χ1) is 26.8. The lowest BCUT2D eigenvalue weighted by atomic mass is 9.82. The van der Waals surface area contributed by atoms with Crippen LogP contribution in [-0.4, -0.2) is 55.5 Å². The molecule has 0 amide bonds. The zero-order valence-electron chi connectivity index (χ0n) is 31.2. The second-order valence-corrected chi connectivity index (χ2v) is 14.2. The van der Waals surface area contributed by atoms with Gasteiger partial charge in [0.05, 0.1) is 67.1 Å². The number of nitrogens with zero attached hydrogens (tertiary/aromatic N) is 4. The number of esters is 3. The number of hydrazone groups is 1. The highest BCUT2D eigenvalue weighted by molar-refractivity contribution is 7.22. The lowest BCUT2D eigenvalue weighted by molar-refractivity contribution is -0.145. The van der Waals surface area contributed by atoms with Crippen LogP contribution < -0.4 is 24.0 Å². The molecule has 1 atom stereocenters. The van der Waals surface area contributed by atoms with Gasteiger partial charge in [-0.15, -0.1) is 0 Å². The van der Waals surface area contributed by atoms with Crippen molar-refractivity contribution in [2.45, 2.75) is 70.8 Å². The molecule has 1 aromatic heterocycles. The van der Waals surface area contributed by atoms with E-state index in [1.807, 2.05) is 31.2 Å². The Balaban J connectivity index is 1.08. The summed E-state index contributed by atoms with van der Waals surface area (Å²) in [5.41, 5.74) is 1.44. The third-order valence-electron chi connectivity index (χ3n) is 9.18. The number of nitriles is 1. The van der Waals surface area contributed by atoms with E-state index in [0.29, 0.717) is 72.6 Å². The predicted molar refractivity (Wildman–Crippen MR) is 211 cm³/mol. The smallest absolute Gasteiger partial charge is 0.330 e. The van der Waals surface area contributed by atoms with Crippen LogP contribution in [0.1, 0.15) is 70.3 Å². The maximum atomic E-state index is 13.2. The van der Waals surface area contributed by atoms with Crippen molar-refractivity contribution in [2.24, 2.45) is 16.9 Å². The first kappa shape index (κ1) is 40.4. The molecule has 1 heterocycles. The lowest BCUT2D eigenvalue weighted by Crippen LogP contribution is -2.30. The van der Waals surface area contributed by atoms with E-state index in [-0.39, 0.29) is 36.2 Å². The van der Waals surface area contributed by atoms with Crippen LogP contribution in [0.4, 0.5) is 5.13 Å². The van der Waals surface area contributed by atoms with Crippen LogP contribution >= 0.6 is 11.3 Å². The van der Waals surface area contributed by atoms with Gasteiger partial charge in [-0.1, -0.05) is 30.0 Å². The molecule has 0 bridgehead atoms. The van der Waals surface area contributed by atoms with E-state index in [0.717, 1.165) is 42.0 Å². The summed E-state index contributed by atoms with van der Waals surface area (Å²) in [5, 5.41) is 16.5. The molecule has 5 rings (SSSR count). The molecule has 0 saturated heterocycles. The third kappa shape index (κ3) is 11.9. The molecule has 288 valence electrons. The molecule has 1 saturated carbocycles. The monoisotopic (exact) mass is 766 g/mol. The molecular weight excluding hydrogens is 721 g/mol. The molecule has 55 heavy (non-hydrogen) atoms. The van der Waals surface area contributed by atoms with Crippen molar-refractivity contribution < 1.29 is 38.1 Å². The fourth-order valence-corrected chi connectivity index (χ4v) is 7.10. The predicted octanol–water partition coefficient (Wildman–Crippen LogP) is 8.43. The Kier molecular flexibility index (Phi) is 15.2. The number of carbonyl (C=O) groups is 3. The van der Waals surface area contributed by atoms with E-state index in [9.17, 15) is 19.6 Å². The molecule has 1 unspecified atom stereocenters. The highest BCUT2D eigenvalue weighted by atomic mass is 32.1. The van der Waals surface area contributed by atoms with Gasteiger partial charge in [-0.25, -0.2) is 14.8 Å². The Hall–Kier alpha value is -5.74. The fourth-order valence-electron chi connectivity index (χ4n) is 6.08. The Morgan fingerprint density at radius 3 is 2.22 bits per heavy atom. The van der Waals surface area contributed by atoms with E-state index >= 15 is 0 Å². The second-order valence-electron chi connectivity index (χ2n) is 13.2. The summed E-state index contributed by atoms with van der Waals surface area (Å²) in [4.78, 5) is 42.0. The fraction of sp³-hybridized carbons (Fsp3) is 0.381. The normalized spacial score (nSPS) is 15.8. The van der Waals surface area contributed by atoms with Crippen molar-refractivity contribution in [2.75, 3.05) is 25.3 Å². The van der Waals surface area contributed by atoms with Crippen LogP contribution in [0.5, 0.6) is 23.0 Å². The topological polar surface area (TPSA) is 150 Å². The number of benzene rings is 3. The Labute approximate surface area is 325 Å². The van der Waals surface area contributed by atoms with Crippen molar-refractivity contribution in [1.82, 2.24) is 4.98 Å². The minimum absolute atomic E-state index is 0.244. The van der Waals surface area contributed by atoms with E-state index in [2.05, 4.69) is 12.6 Å². The number of aromatic nitrogens is 1. The number of unbranched alkanes of at least 4 members (excludes halogenated alkanes) is 3. The number of methoxy groups -OCH3 is 1. The number of fused-ring (bicyclic) bond motifs is 1. The van der Waals surface area contributed by atoms with E-state index < -0.39 is 5.97 Å². The lowest BCUT2D eigenvalue weighted by Gasteiger charge is -2.26. The highest BCUT2D eigenvalue weighted by Crippen LogP contribution is 2.33. The van der Waals surface area contributed by atoms with Gasteiger partial charge in [0.25, 0.3) is 0 Å². The molecule has 13 heteroatoms. The molecule has 0 aliphatic heterocycles. The summed E-state index contributed by atoms with van der Waals surface area (Å²) >= 11 is 1.49. The first-order valence-electron chi connectivity index (χ1n) is 18.5. The molecule has 3 aromatic carbocycles. The molecule has 1 aliphatic carbocycles. The standard InChI is InChI=1S/C42H46N4O8S/c1-4-39(47)52-26-10-6-5-9-25-51-33-17-19-34(20-18-33)53-40(48)30-13-15-31(16-14-30)41(49)54-35-21-22-37(50-3)32(27-35)28-44-46(29(2)23-24-43)42-45-36-11-7-8-12-38(36)55-42/h4,7-8,11-12,17-22,27-31H,1,5-6,9-10,13-16,23,25-26H2,2-3H3/b44-28+. The minimum atomic E-state index is -0.401. The molecule has 12 nitrogen and oxygen atoms in total. The number of para-hydroxylation sites is 1. The summed E-state index contributed by atoms with van der Waals surface area (Å²) < 4.78 is 28.8. The molecule has 0 radical (unpaired) electrons. The molecule has 1 fully saturated rings. The summed E-state index contributed by atoms with van der Waals surface area (Å²) in [6, 6.07) is 21.8. The van der Waals surface area contributed by atoms with Gasteiger partial charge in [-0.3, -0.25) is 9.59 Å². The van der Waals surface area contributed by atoms with Crippen LogP contribution in [0.25, 0.3) is 10.2 Å². The SMILES string of the molecule is C=CC(=O)OCCCCCCOc1ccc(OC(=O)C2CCC(C(=O)Oc3ccc(OC)c(/C=N/N(c4nc5ccccc5s4)C(C)CC#N)c3)CC2)cc1. The van der Waals surface area contributed by atoms with Gasteiger partial charge in [0.15, 0.2) is 0 Å². The minimum Gasteiger partial charge on any atom is -0.496 e. The third-order valence-corrected chi connectivity index (χ3v) is 10.2. The number of carbonyl (C=O) groups excluding carboxylic acids is 3. The Morgan fingerprint density at radius 1 is 0.927 bits per heavy atom. The van der Waals surface area contributed by atoms with Gasteiger partial charge in [-0.2, -0.15) is 10.4 Å². The van der Waals surface area contributed by atoms with E-state index in [1.165, 1.54) is 11.3 Å². The largest absolute Gasteiger partial charge is 0.496 e. The van der Waals surface area contributed by atoms with Crippen molar-refractivity contribution in [1.29, 1.82) is 5.26 Å².